The minimum absolute atomic E-state index is 0.0804. The van der Waals surface area contributed by atoms with Crippen LogP contribution in [0.1, 0.15) is 90.4 Å². The molecule has 134 valence electrons. The topological polar surface area (TPSA) is 26.3 Å². The zero-order valence-electron chi connectivity index (χ0n) is 15.5. The van der Waals surface area contributed by atoms with Crippen LogP contribution in [0.3, 0.4) is 0 Å². The Hall–Kier alpha value is -1.05. The van der Waals surface area contributed by atoms with E-state index in [4.69, 9.17) is 0 Å². The van der Waals surface area contributed by atoms with E-state index in [1.54, 1.807) is 0 Å². The van der Waals surface area contributed by atoms with Gasteiger partial charge in [0.2, 0.25) is 0 Å². The van der Waals surface area contributed by atoms with Crippen molar-refractivity contribution in [2.75, 3.05) is 7.11 Å². The van der Waals surface area contributed by atoms with Crippen molar-refractivity contribution in [3.05, 3.63) is 24.8 Å². The summed E-state index contributed by atoms with van der Waals surface area (Å²) in [5.74, 6) is 0.472. The summed E-state index contributed by atoms with van der Waals surface area (Å²) in [6.07, 6.45) is 22.3. The molecule has 0 radical (unpaired) electrons. The van der Waals surface area contributed by atoms with Gasteiger partial charge in [0.05, 0.1) is 7.11 Å². The van der Waals surface area contributed by atoms with E-state index in [1.807, 2.05) is 0 Å². The Morgan fingerprint density at radius 3 is 2.26 bits per heavy atom. The molecule has 23 heavy (non-hydrogen) atoms. The van der Waals surface area contributed by atoms with E-state index in [-0.39, 0.29) is 5.97 Å². The molecule has 0 N–H and O–H groups in total. The number of ether oxygens (including phenoxy) is 1. The lowest BCUT2D eigenvalue weighted by atomic mass is 9.99. The van der Waals surface area contributed by atoms with Crippen molar-refractivity contribution in [1.82, 2.24) is 0 Å². The number of methoxy groups -OCH3 is 1. The van der Waals surface area contributed by atoms with E-state index in [0.717, 1.165) is 12.8 Å². The Balaban J connectivity index is 3.43. The molecule has 0 aliphatic rings. The van der Waals surface area contributed by atoms with Gasteiger partial charge in [-0.15, -0.1) is 6.58 Å². The number of hydrogen-bond acceptors (Lipinski definition) is 2. The summed E-state index contributed by atoms with van der Waals surface area (Å²) in [4.78, 5) is 11.0. The van der Waals surface area contributed by atoms with Crippen molar-refractivity contribution in [2.24, 2.45) is 5.92 Å². The molecule has 0 aromatic rings. The Kier molecular flexibility index (Phi) is 16.5. The number of esters is 1. The maximum Gasteiger partial charge on any atom is 0.305 e. The Morgan fingerprint density at radius 1 is 1.00 bits per heavy atom. The van der Waals surface area contributed by atoms with Gasteiger partial charge in [-0.05, 0) is 31.6 Å². The third-order valence-corrected chi connectivity index (χ3v) is 4.31. The molecule has 0 aliphatic carbocycles. The van der Waals surface area contributed by atoms with E-state index < -0.39 is 0 Å². The molecule has 0 rings (SSSR count). The van der Waals surface area contributed by atoms with Crippen LogP contribution in [0.15, 0.2) is 24.8 Å². The summed E-state index contributed by atoms with van der Waals surface area (Å²) >= 11 is 0. The maximum atomic E-state index is 11.0. The average Bonchev–Trinajstić information content (AvgIpc) is 2.57. The molecule has 0 aromatic carbocycles. The first kappa shape index (κ1) is 21.9. The lowest BCUT2D eigenvalue weighted by molar-refractivity contribution is -0.140. The molecule has 1 unspecified atom stereocenters. The molecule has 0 heterocycles. The van der Waals surface area contributed by atoms with E-state index in [9.17, 15) is 4.79 Å². The molecule has 0 bridgehead atoms. The van der Waals surface area contributed by atoms with Gasteiger partial charge in [0.1, 0.15) is 0 Å². The highest BCUT2D eigenvalue weighted by molar-refractivity contribution is 5.68. The van der Waals surface area contributed by atoms with Crippen LogP contribution in [0.5, 0.6) is 0 Å². The van der Waals surface area contributed by atoms with Crippen LogP contribution in [0.2, 0.25) is 0 Å². The Labute approximate surface area is 144 Å². The Bertz CT molecular complexity index is 307. The molecule has 0 fully saturated rings. The first-order valence-corrected chi connectivity index (χ1v) is 9.60. The predicted octanol–water partition coefficient (Wildman–Crippen LogP) is 6.61. The summed E-state index contributed by atoms with van der Waals surface area (Å²) in [5.41, 5.74) is 0. The fraction of sp³-hybridized carbons (Fsp3) is 0.762. The van der Waals surface area contributed by atoms with Crippen molar-refractivity contribution < 1.29 is 9.53 Å². The predicted molar refractivity (Wildman–Crippen MR) is 101 cm³/mol. The van der Waals surface area contributed by atoms with Gasteiger partial charge in [0, 0.05) is 6.42 Å². The third kappa shape index (κ3) is 15.6. The van der Waals surface area contributed by atoms with Crippen LogP contribution < -0.4 is 0 Å². The second kappa shape index (κ2) is 17.3. The number of carbonyl (C=O) groups excluding carboxylic acids is 1. The fourth-order valence-electron chi connectivity index (χ4n) is 2.71. The molecule has 2 heteroatoms. The van der Waals surface area contributed by atoms with Crippen LogP contribution in [0.25, 0.3) is 0 Å². The maximum absolute atomic E-state index is 11.0. The molecular weight excluding hydrogens is 284 g/mol. The molecule has 0 aliphatic heterocycles. The number of rotatable bonds is 16. The van der Waals surface area contributed by atoms with Gasteiger partial charge < -0.3 is 4.74 Å². The van der Waals surface area contributed by atoms with Crippen LogP contribution in [0, 0.1) is 5.92 Å². The number of carbonyl (C=O) groups is 1. The summed E-state index contributed by atoms with van der Waals surface area (Å²) in [6, 6.07) is 0. The van der Waals surface area contributed by atoms with Gasteiger partial charge in [-0.1, -0.05) is 76.5 Å². The lowest BCUT2D eigenvalue weighted by Gasteiger charge is -2.07. The minimum atomic E-state index is -0.0804. The highest BCUT2D eigenvalue weighted by atomic mass is 16.5. The van der Waals surface area contributed by atoms with Crippen molar-refractivity contribution in [3.63, 3.8) is 0 Å². The van der Waals surface area contributed by atoms with Crippen molar-refractivity contribution in [3.8, 4) is 0 Å². The minimum Gasteiger partial charge on any atom is -0.469 e. The second-order valence-electron chi connectivity index (χ2n) is 6.41. The zero-order chi connectivity index (χ0) is 17.2. The summed E-state index contributed by atoms with van der Waals surface area (Å²) in [5, 5.41) is 0. The second-order valence-corrected chi connectivity index (χ2v) is 6.41. The quantitative estimate of drug-likeness (QED) is 0.181. The Morgan fingerprint density at radius 2 is 1.65 bits per heavy atom. The number of unbranched alkanes of at least 4 members (excludes halogenated alkanes) is 9. The van der Waals surface area contributed by atoms with Gasteiger partial charge in [-0.3, -0.25) is 4.79 Å². The van der Waals surface area contributed by atoms with Crippen molar-refractivity contribution in [2.45, 2.75) is 90.4 Å². The largest absolute Gasteiger partial charge is 0.469 e. The smallest absolute Gasteiger partial charge is 0.305 e. The first-order valence-electron chi connectivity index (χ1n) is 9.60. The third-order valence-electron chi connectivity index (χ3n) is 4.31. The summed E-state index contributed by atoms with van der Waals surface area (Å²) in [7, 11) is 1.46. The first-order chi connectivity index (χ1) is 11.2. The lowest BCUT2D eigenvalue weighted by Crippen LogP contribution is -1.99. The van der Waals surface area contributed by atoms with Crippen LogP contribution in [0.4, 0.5) is 0 Å². The normalized spacial score (nSPS) is 12.4. The van der Waals surface area contributed by atoms with Crippen LogP contribution in [-0.4, -0.2) is 13.1 Å². The van der Waals surface area contributed by atoms with Crippen molar-refractivity contribution in [1.29, 1.82) is 0 Å². The molecule has 0 spiro atoms. The standard InChI is InChI=1S/C21H38O2/c1-4-6-7-11-14-17-20(5-2)18-15-12-9-8-10-13-16-19-21(22)23-3/h5,14,17,20H,2,4,6-13,15-16,18-19H2,1,3H3/b17-14+. The van der Waals surface area contributed by atoms with Gasteiger partial charge in [0.25, 0.3) is 0 Å². The van der Waals surface area contributed by atoms with Crippen LogP contribution >= 0.6 is 0 Å². The van der Waals surface area contributed by atoms with Gasteiger partial charge in [-0.25, -0.2) is 0 Å². The molecule has 1 atom stereocenters. The molecule has 0 saturated carbocycles. The van der Waals surface area contributed by atoms with Gasteiger partial charge in [-0.2, -0.15) is 0 Å². The molecule has 0 aromatic heterocycles. The number of allylic oxidation sites excluding steroid dienone is 3. The van der Waals surface area contributed by atoms with Crippen molar-refractivity contribution >= 4 is 5.97 Å². The van der Waals surface area contributed by atoms with E-state index in [0.29, 0.717) is 12.3 Å². The fourth-order valence-corrected chi connectivity index (χ4v) is 2.71. The average molecular weight is 323 g/mol. The SMILES string of the molecule is C=CC(/C=C/CCCCC)CCCCCCCCCC(=O)OC. The molecule has 0 saturated heterocycles. The summed E-state index contributed by atoms with van der Waals surface area (Å²) in [6.45, 7) is 6.20. The van der Waals surface area contributed by atoms with Gasteiger partial charge >= 0.3 is 5.97 Å². The van der Waals surface area contributed by atoms with Gasteiger partial charge in [0.15, 0.2) is 0 Å². The highest BCUT2D eigenvalue weighted by Crippen LogP contribution is 2.15. The zero-order valence-corrected chi connectivity index (χ0v) is 15.5. The van der Waals surface area contributed by atoms with Crippen LogP contribution in [-0.2, 0) is 9.53 Å². The van der Waals surface area contributed by atoms with E-state index in [1.165, 1.54) is 71.3 Å². The van der Waals surface area contributed by atoms with E-state index in [2.05, 4.69) is 36.5 Å². The molecule has 2 nitrogen and oxygen atoms in total. The van der Waals surface area contributed by atoms with E-state index >= 15 is 0 Å². The summed E-state index contributed by atoms with van der Waals surface area (Å²) < 4.78 is 4.64. The number of hydrogen-bond donors (Lipinski definition) is 0. The molecule has 0 amide bonds. The molecular formula is C21H38O2. The highest BCUT2D eigenvalue weighted by Gasteiger charge is 2.01. The monoisotopic (exact) mass is 322 g/mol.